The molecule has 100 valence electrons. The summed E-state index contributed by atoms with van der Waals surface area (Å²) in [5, 5.41) is 17.7. The van der Waals surface area contributed by atoms with Crippen LogP contribution in [0.5, 0.6) is 0 Å². The van der Waals surface area contributed by atoms with Gasteiger partial charge >= 0.3 is 0 Å². The third kappa shape index (κ3) is 2.36. The van der Waals surface area contributed by atoms with E-state index in [9.17, 15) is 4.79 Å². The van der Waals surface area contributed by atoms with Crippen molar-refractivity contribution in [3.63, 3.8) is 0 Å². The van der Waals surface area contributed by atoms with Crippen LogP contribution in [0.1, 0.15) is 6.42 Å². The average Bonchev–Trinajstić information content (AvgIpc) is 2.90. The van der Waals surface area contributed by atoms with Gasteiger partial charge in [0.05, 0.1) is 12.1 Å². The van der Waals surface area contributed by atoms with Crippen LogP contribution < -0.4 is 5.56 Å². The van der Waals surface area contributed by atoms with Gasteiger partial charge in [-0.25, -0.2) is 0 Å². The Morgan fingerprint density at radius 1 is 1.37 bits per heavy atom. The van der Waals surface area contributed by atoms with Gasteiger partial charge in [-0.15, -0.1) is 5.10 Å². The summed E-state index contributed by atoms with van der Waals surface area (Å²) in [5.74, 6) is 0.309. The molecule has 1 aliphatic rings. The van der Waals surface area contributed by atoms with Gasteiger partial charge in [-0.1, -0.05) is 17.3 Å². The Morgan fingerprint density at radius 2 is 2.21 bits per heavy atom. The largest absolute Gasteiger partial charge is 0.396 e. The van der Waals surface area contributed by atoms with Crippen LogP contribution in [0.2, 0.25) is 0 Å². The van der Waals surface area contributed by atoms with Gasteiger partial charge < -0.3 is 5.11 Å². The maximum absolute atomic E-state index is 12.3. The highest BCUT2D eigenvalue weighted by atomic mass is 16.3. The first-order valence-electron chi connectivity index (χ1n) is 6.43. The molecule has 0 amide bonds. The normalized spacial score (nSPS) is 20.2. The first-order valence-corrected chi connectivity index (χ1v) is 6.43. The van der Waals surface area contributed by atoms with E-state index in [0.29, 0.717) is 23.5 Å². The highest BCUT2D eigenvalue weighted by Gasteiger charge is 2.22. The summed E-state index contributed by atoms with van der Waals surface area (Å²) in [7, 11) is 0. The van der Waals surface area contributed by atoms with E-state index in [1.807, 2.05) is 12.1 Å². The van der Waals surface area contributed by atoms with E-state index in [0.717, 1.165) is 19.5 Å². The molecule has 6 heteroatoms. The van der Waals surface area contributed by atoms with Crippen LogP contribution in [-0.2, 0) is 6.67 Å². The molecule has 0 aliphatic carbocycles. The second kappa shape index (κ2) is 5.07. The number of fused-ring (bicyclic) bond motifs is 1. The van der Waals surface area contributed by atoms with Gasteiger partial charge in [-0.2, -0.15) is 4.68 Å². The average molecular weight is 260 g/mol. The van der Waals surface area contributed by atoms with E-state index in [2.05, 4.69) is 15.2 Å². The minimum absolute atomic E-state index is 0.113. The van der Waals surface area contributed by atoms with Crippen LogP contribution >= 0.6 is 0 Å². The standard InChI is InChI=1S/C13H16N4O2/c18-8-10-5-6-16(7-10)9-17-13(19)11-3-1-2-4-12(11)14-15-17/h1-4,10,18H,5-9H2. The third-order valence-electron chi connectivity index (χ3n) is 3.59. The van der Waals surface area contributed by atoms with Crippen molar-refractivity contribution in [3.05, 3.63) is 34.6 Å². The molecule has 3 rings (SSSR count). The zero-order valence-corrected chi connectivity index (χ0v) is 10.6. The molecule has 1 aliphatic heterocycles. The Kier molecular flexibility index (Phi) is 3.27. The molecule has 0 radical (unpaired) electrons. The molecule has 2 heterocycles. The van der Waals surface area contributed by atoms with E-state index in [1.54, 1.807) is 12.1 Å². The van der Waals surface area contributed by atoms with Gasteiger partial charge in [0, 0.05) is 19.7 Å². The van der Waals surface area contributed by atoms with Gasteiger partial charge in [0.1, 0.15) is 5.52 Å². The van der Waals surface area contributed by atoms with Gasteiger partial charge in [0.2, 0.25) is 0 Å². The van der Waals surface area contributed by atoms with E-state index in [-0.39, 0.29) is 12.2 Å². The van der Waals surface area contributed by atoms with Crippen molar-refractivity contribution in [1.82, 2.24) is 19.9 Å². The molecule has 1 unspecified atom stereocenters. The van der Waals surface area contributed by atoms with Crippen molar-refractivity contribution in [1.29, 1.82) is 0 Å². The van der Waals surface area contributed by atoms with Crippen molar-refractivity contribution in [2.75, 3.05) is 19.7 Å². The molecule has 1 aromatic heterocycles. The molecular formula is C13H16N4O2. The number of hydrogen-bond donors (Lipinski definition) is 1. The molecule has 1 N–H and O–H groups in total. The van der Waals surface area contributed by atoms with E-state index < -0.39 is 0 Å². The first kappa shape index (κ1) is 12.3. The maximum Gasteiger partial charge on any atom is 0.278 e. The molecule has 1 aromatic carbocycles. The second-order valence-corrected chi connectivity index (χ2v) is 4.97. The molecule has 6 nitrogen and oxygen atoms in total. The van der Waals surface area contributed by atoms with Crippen LogP contribution in [0, 0.1) is 5.92 Å². The van der Waals surface area contributed by atoms with E-state index >= 15 is 0 Å². The van der Waals surface area contributed by atoms with Gasteiger partial charge in [-0.05, 0) is 24.5 Å². The van der Waals surface area contributed by atoms with Gasteiger partial charge in [-0.3, -0.25) is 9.69 Å². The number of rotatable bonds is 3. The lowest BCUT2D eigenvalue weighted by atomic mass is 10.1. The minimum Gasteiger partial charge on any atom is -0.396 e. The van der Waals surface area contributed by atoms with Gasteiger partial charge in [0.15, 0.2) is 0 Å². The number of nitrogens with zero attached hydrogens (tertiary/aromatic N) is 4. The molecular weight excluding hydrogens is 244 g/mol. The van der Waals surface area contributed by atoms with Crippen LogP contribution in [-0.4, -0.2) is 44.7 Å². The third-order valence-corrected chi connectivity index (χ3v) is 3.59. The van der Waals surface area contributed by atoms with Crippen LogP contribution in [0.15, 0.2) is 29.1 Å². The first-order chi connectivity index (χ1) is 9.28. The summed E-state index contributed by atoms with van der Waals surface area (Å²) in [6.45, 7) is 2.32. The smallest absolute Gasteiger partial charge is 0.278 e. The Morgan fingerprint density at radius 3 is 3.00 bits per heavy atom. The zero-order chi connectivity index (χ0) is 13.2. The van der Waals surface area contributed by atoms with Gasteiger partial charge in [0.25, 0.3) is 5.56 Å². The zero-order valence-electron chi connectivity index (χ0n) is 10.6. The summed E-state index contributed by atoms with van der Waals surface area (Å²) in [6.07, 6.45) is 0.965. The van der Waals surface area contributed by atoms with Crippen LogP contribution in [0.4, 0.5) is 0 Å². The molecule has 2 aromatic rings. The van der Waals surface area contributed by atoms with Crippen molar-refractivity contribution in [2.45, 2.75) is 13.1 Å². The molecule has 0 spiro atoms. The number of aliphatic hydroxyl groups excluding tert-OH is 1. The van der Waals surface area contributed by atoms with Crippen molar-refractivity contribution in [3.8, 4) is 0 Å². The van der Waals surface area contributed by atoms with Crippen LogP contribution in [0.25, 0.3) is 10.9 Å². The number of benzene rings is 1. The number of hydrogen-bond acceptors (Lipinski definition) is 5. The monoisotopic (exact) mass is 260 g/mol. The lowest BCUT2D eigenvalue weighted by Gasteiger charge is -2.15. The lowest BCUT2D eigenvalue weighted by molar-refractivity contribution is 0.199. The fourth-order valence-electron chi connectivity index (χ4n) is 2.50. The van der Waals surface area contributed by atoms with Crippen molar-refractivity contribution < 1.29 is 5.11 Å². The topological polar surface area (TPSA) is 71.2 Å². The maximum atomic E-state index is 12.3. The molecule has 1 atom stereocenters. The van der Waals surface area contributed by atoms with E-state index in [1.165, 1.54) is 4.68 Å². The van der Waals surface area contributed by atoms with Crippen LogP contribution in [0.3, 0.4) is 0 Å². The molecule has 0 saturated carbocycles. The highest BCUT2D eigenvalue weighted by molar-refractivity contribution is 5.76. The number of likely N-dealkylation sites (tertiary alicyclic amines) is 1. The van der Waals surface area contributed by atoms with Crippen molar-refractivity contribution >= 4 is 10.9 Å². The quantitative estimate of drug-likeness (QED) is 0.845. The molecule has 1 fully saturated rings. The SMILES string of the molecule is O=c1c2ccccc2nnn1CN1CCC(CO)C1. The van der Waals surface area contributed by atoms with E-state index in [4.69, 9.17) is 5.11 Å². The summed E-state index contributed by atoms with van der Waals surface area (Å²) >= 11 is 0. The lowest BCUT2D eigenvalue weighted by Crippen LogP contribution is -2.33. The highest BCUT2D eigenvalue weighted by Crippen LogP contribution is 2.15. The fraction of sp³-hybridized carbons (Fsp3) is 0.462. The van der Waals surface area contributed by atoms with Crippen molar-refractivity contribution in [2.24, 2.45) is 5.92 Å². The summed E-state index contributed by atoms with van der Waals surface area (Å²) < 4.78 is 1.39. The Hall–Kier alpha value is -1.79. The second-order valence-electron chi connectivity index (χ2n) is 4.97. The summed E-state index contributed by atoms with van der Waals surface area (Å²) in [5.41, 5.74) is 0.511. The predicted octanol–water partition coefficient (Wildman–Crippen LogP) is 0.0632. The Balaban J connectivity index is 1.86. The summed E-state index contributed by atoms with van der Waals surface area (Å²) in [4.78, 5) is 14.4. The number of aromatic nitrogens is 3. The summed E-state index contributed by atoms with van der Waals surface area (Å²) in [6, 6.07) is 7.22. The Labute approximate surface area is 110 Å². The molecule has 19 heavy (non-hydrogen) atoms. The molecule has 1 saturated heterocycles. The Bertz CT molecular complexity index is 640. The minimum atomic E-state index is -0.113. The fourth-order valence-corrected chi connectivity index (χ4v) is 2.50. The number of aliphatic hydroxyl groups is 1. The predicted molar refractivity (Wildman–Crippen MR) is 70.6 cm³/mol. The molecule has 0 bridgehead atoms.